The van der Waals surface area contributed by atoms with E-state index in [2.05, 4.69) is 28.9 Å². The number of halogens is 1. The molecule has 0 unspecified atom stereocenters. The Kier molecular flexibility index (Phi) is 4.39. The molecule has 0 aliphatic rings. The number of hydrogen-bond acceptors (Lipinski definition) is 2. The Bertz CT molecular complexity index is 538. The minimum Gasteiger partial charge on any atom is -0.457 e. The monoisotopic (exact) mass is 306 g/mol. The molecule has 2 aromatic rings. The van der Waals surface area contributed by atoms with Gasteiger partial charge in [0, 0.05) is 10.0 Å². The first-order valence-corrected chi connectivity index (χ1v) is 6.68. The van der Waals surface area contributed by atoms with Crippen LogP contribution in [0, 0.1) is 0 Å². The molecular weight excluding hydrogens is 292 g/mol. The summed E-state index contributed by atoms with van der Waals surface area (Å²) in [5, 5.41) is 9.29. The molecule has 0 saturated carbocycles. The lowest BCUT2D eigenvalue weighted by Gasteiger charge is -2.11. The predicted molar refractivity (Wildman–Crippen MR) is 76.0 cm³/mol. The fourth-order valence-electron chi connectivity index (χ4n) is 1.71. The van der Waals surface area contributed by atoms with Gasteiger partial charge in [0.2, 0.25) is 0 Å². The van der Waals surface area contributed by atoms with Crippen LogP contribution >= 0.6 is 15.9 Å². The maximum atomic E-state index is 9.29. The Morgan fingerprint density at radius 3 is 2.72 bits per heavy atom. The second kappa shape index (κ2) is 6.03. The number of ether oxygens (including phenoxy) is 1. The lowest BCUT2D eigenvalue weighted by Crippen LogP contribution is -1.92. The summed E-state index contributed by atoms with van der Waals surface area (Å²) in [7, 11) is 0. The molecule has 3 heteroatoms. The highest BCUT2D eigenvalue weighted by molar-refractivity contribution is 9.10. The van der Waals surface area contributed by atoms with Gasteiger partial charge in [0.05, 0.1) is 6.61 Å². The van der Waals surface area contributed by atoms with E-state index in [0.717, 1.165) is 22.2 Å². The van der Waals surface area contributed by atoms with Crippen molar-refractivity contribution < 1.29 is 9.84 Å². The number of aliphatic hydroxyl groups is 1. The molecule has 1 N–H and O–H groups in total. The van der Waals surface area contributed by atoms with Crippen LogP contribution in [0.4, 0.5) is 0 Å². The molecule has 0 bridgehead atoms. The van der Waals surface area contributed by atoms with Crippen LogP contribution in [0.15, 0.2) is 46.9 Å². The van der Waals surface area contributed by atoms with Gasteiger partial charge in [0.1, 0.15) is 11.5 Å². The molecule has 2 rings (SSSR count). The Morgan fingerprint density at radius 2 is 2.00 bits per heavy atom. The van der Waals surface area contributed by atoms with E-state index < -0.39 is 0 Å². The van der Waals surface area contributed by atoms with E-state index in [4.69, 9.17) is 4.74 Å². The van der Waals surface area contributed by atoms with Gasteiger partial charge in [-0.3, -0.25) is 0 Å². The largest absolute Gasteiger partial charge is 0.457 e. The Morgan fingerprint density at radius 1 is 1.17 bits per heavy atom. The summed E-state index contributed by atoms with van der Waals surface area (Å²) in [5.74, 6) is 1.47. The first-order chi connectivity index (χ1) is 8.72. The average Bonchev–Trinajstić information content (AvgIpc) is 2.39. The van der Waals surface area contributed by atoms with Crippen LogP contribution in [0.25, 0.3) is 0 Å². The van der Waals surface area contributed by atoms with Crippen LogP contribution in [0.2, 0.25) is 0 Å². The lowest BCUT2D eigenvalue weighted by atomic mass is 10.1. The number of aliphatic hydroxyl groups excluding tert-OH is 1. The van der Waals surface area contributed by atoms with Crippen LogP contribution in [-0.2, 0) is 13.0 Å². The van der Waals surface area contributed by atoms with Gasteiger partial charge in [-0.25, -0.2) is 0 Å². The normalized spacial score (nSPS) is 10.4. The quantitative estimate of drug-likeness (QED) is 0.912. The highest BCUT2D eigenvalue weighted by atomic mass is 79.9. The van der Waals surface area contributed by atoms with Crippen LogP contribution in [-0.4, -0.2) is 5.11 Å². The van der Waals surface area contributed by atoms with Gasteiger partial charge in [-0.2, -0.15) is 0 Å². The molecule has 0 radical (unpaired) electrons. The maximum absolute atomic E-state index is 9.29. The van der Waals surface area contributed by atoms with Crippen molar-refractivity contribution >= 4 is 15.9 Å². The van der Waals surface area contributed by atoms with E-state index in [1.165, 1.54) is 5.56 Å². The van der Waals surface area contributed by atoms with E-state index >= 15 is 0 Å². The second-order valence-corrected chi connectivity index (χ2v) is 4.93. The summed E-state index contributed by atoms with van der Waals surface area (Å²) >= 11 is 3.41. The van der Waals surface area contributed by atoms with Crippen molar-refractivity contribution in [3.63, 3.8) is 0 Å². The SMILES string of the molecule is CCc1cccc(Oc2cc(Br)ccc2CO)c1. The van der Waals surface area contributed by atoms with E-state index in [9.17, 15) is 5.11 Å². The van der Waals surface area contributed by atoms with Crippen molar-refractivity contribution in [2.24, 2.45) is 0 Å². The third kappa shape index (κ3) is 3.12. The first kappa shape index (κ1) is 13.1. The molecule has 0 fully saturated rings. The van der Waals surface area contributed by atoms with Crippen LogP contribution in [0.3, 0.4) is 0 Å². The van der Waals surface area contributed by atoms with E-state index in [0.29, 0.717) is 5.75 Å². The third-order valence-corrected chi connectivity index (χ3v) is 3.23. The zero-order chi connectivity index (χ0) is 13.0. The highest BCUT2D eigenvalue weighted by Crippen LogP contribution is 2.29. The summed E-state index contributed by atoms with van der Waals surface area (Å²) in [6.07, 6.45) is 0.975. The fraction of sp³-hybridized carbons (Fsp3) is 0.200. The van der Waals surface area contributed by atoms with Gasteiger partial charge in [-0.1, -0.05) is 41.1 Å². The summed E-state index contributed by atoms with van der Waals surface area (Å²) in [5.41, 5.74) is 2.01. The van der Waals surface area contributed by atoms with Gasteiger partial charge in [-0.15, -0.1) is 0 Å². The smallest absolute Gasteiger partial charge is 0.134 e. The fourth-order valence-corrected chi connectivity index (χ4v) is 2.05. The van der Waals surface area contributed by atoms with Gasteiger partial charge in [-0.05, 0) is 36.2 Å². The number of benzene rings is 2. The van der Waals surface area contributed by atoms with Crippen LogP contribution in [0.1, 0.15) is 18.1 Å². The molecule has 2 aromatic carbocycles. The Balaban J connectivity index is 2.29. The number of aryl methyl sites for hydroxylation is 1. The summed E-state index contributed by atoms with van der Waals surface area (Å²) < 4.78 is 6.77. The zero-order valence-electron chi connectivity index (χ0n) is 10.2. The molecule has 0 aliphatic heterocycles. The molecular formula is C15H15BrO2. The molecule has 94 valence electrons. The topological polar surface area (TPSA) is 29.5 Å². The van der Waals surface area contributed by atoms with E-state index in [1.807, 2.05) is 36.4 Å². The molecule has 0 saturated heterocycles. The number of rotatable bonds is 4. The van der Waals surface area contributed by atoms with Gasteiger partial charge < -0.3 is 9.84 Å². The Hall–Kier alpha value is -1.32. The molecule has 0 amide bonds. The van der Waals surface area contributed by atoms with Gasteiger partial charge >= 0.3 is 0 Å². The number of hydrogen-bond donors (Lipinski definition) is 1. The van der Waals surface area contributed by atoms with Crippen LogP contribution in [0.5, 0.6) is 11.5 Å². The Labute approximate surface area is 115 Å². The first-order valence-electron chi connectivity index (χ1n) is 5.89. The van der Waals surface area contributed by atoms with E-state index in [1.54, 1.807) is 0 Å². The van der Waals surface area contributed by atoms with Crippen LogP contribution < -0.4 is 4.74 Å². The second-order valence-electron chi connectivity index (χ2n) is 4.01. The van der Waals surface area contributed by atoms with Crippen molar-refractivity contribution in [3.05, 3.63) is 58.1 Å². The molecule has 0 spiro atoms. The molecule has 0 aliphatic carbocycles. The predicted octanol–water partition coefficient (Wildman–Crippen LogP) is 4.30. The summed E-state index contributed by atoms with van der Waals surface area (Å²) in [4.78, 5) is 0. The van der Waals surface area contributed by atoms with Crippen molar-refractivity contribution in [2.75, 3.05) is 0 Å². The van der Waals surface area contributed by atoms with Crippen molar-refractivity contribution in [1.82, 2.24) is 0 Å². The highest BCUT2D eigenvalue weighted by Gasteiger charge is 2.05. The molecule has 0 aromatic heterocycles. The van der Waals surface area contributed by atoms with Crippen molar-refractivity contribution in [3.8, 4) is 11.5 Å². The lowest BCUT2D eigenvalue weighted by molar-refractivity contribution is 0.276. The molecule has 2 nitrogen and oxygen atoms in total. The van der Waals surface area contributed by atoms with E-state index in [-0.39, 0.29) is 6.61 Å². The minimum atomic E-state index is -0.0317. The minimum absolute atomic E-state index is 0.0317. The van der Waals surface area contributed by atoms with Crippen molar-refractivity contribution in [2.45, 2.75) is 20.0 Å². The third-order valence-electron chi connectivity index (χ3n) is 2.73. The zero-order valence-corrected chi connectivity index (χ0v) is 11.8. The summed E-state index contributed by atoms with van der Waals surface area (Å²) in [6.45, 7) is 2.08. The van der Waals surface area contributed by atoms with Gasteiger partial charge in [0.25, 0.3) is 0 Å². The molecule has 18 heavy (non-hydrogen) atoms. The average molecular weight is 307 g/mol. The van der Waals surface area contributed by atoms with Crippen molar-refractivity contribution in [1.29, 1.82) is 0 Å². The maximum Gasteiger partial charge on any atom is 0.134 e. The molecule has 0 heterocycles. The standard InChI is InChI=1S/C15H15BrO2/c1-2-11-4-3-5-14(8-11)18-15-9-13(16)7-6-12(15)10-17/h3-9,17H,2,10H2,1H3. The molecule has 0 atom stereocenters. The van der Waals surface area contributed by atoms with Gasteiger partial charge in [0.15, 0.2) is 0 Å². The summed E-state index contributed by atoms with van der Waals surface area (Å²) in [6, 6.07) is 13.6.